The highest BCUT2D eigenvalue weighted by atomic mass is 35.5. The van der Waals surface area contributed by atoms with Crippen LogP contribution in [-0.4, -0.2) is 73.3 Å². The van der Waals surface area contributed by atoms with E-state index in [2.05, 4.69) is 35.1 Å². The van der Waals surface area contributed by atoms with E-state index in [0.717, 1.165) is 74.1 Å². The number of rotatable bonds is 15. The lowest BCUT2D eigenvalue weighted by molar-refractivity contribution is 0.0689. The van der Waals surface area contributed by atoms with Gasteiger partial charge in [-0.2, -0.15) is 9.97 Å². The monoisotopic (exact) mass is 1040 g/mol. The average Bonchev–Trinajstić information content (AvgIpc) is 4.36. The van der Waals surface area contributed by atoms with E-state index in [1.807, 2.05) is 6.07 Å². The lowest BCUT2D eigenvalue weighted by Gasteiger charge is -2.32. The highest BCUT2D eigenvalue weighted by molar-refractivity contribution is 6.31. The van der Waals surface area contributed by atoms with Crippen molar-refractivity contribution in [1.29, 1.82) is 0 Å². The number of halogens is 4. The maximum Gasteiger partial charge on any atom is 0.342 e. The van der Waals surface area contributed by atoms with E-state index in [1.165, 1.54) is 62.3 Å². The Balaban J connectivity index is 0.000000170. The van der Waals surface area contributed by atoms with E-state index >= 15 is 0 Å². The van der Waals surface area contributed by atoms with Crippen LogP contribution in [0.1, 0.15) is 105 Å². The van der Waals surface area contributed by atoms with Crippen molar-refractivity contribution in [3.8, 4) is 11.8 Å². The third-order valence-electron chi connectivity index (χ3n) is 13.9. The van der Waals surface area contributed by atoms with Crippen molar-refractivity contribution in [2.45, 2.75) is 90.9 Å². The van der Waals surface area contributed by atoms with Crippen LogP contribution < -0.4 is 30.3 Å². The molecule has 4 fully saturated rings. The largest absolute Gasteiger partial charge is 0.477 e. The number of nitrogens with two attached hydrogens (primary N) is 1. The average molecular weight is 1040 g/mol. The van der Waals surface area contributed by atoms with Gasteiger partial charge >= 0.3 is 5.97 Å². The molecule has 0 atom stereocenters. The van der Waals surface area contributed by atoms with Gasteiger partial charge in [0.15, 0.2) is 0 Å². The Morgan fingerprint density at radius 1 is 0.616 bits per heavy atom. The first-order chi connectivity index (χ1) is 35.3. The molecule has 4 aliphatic rings. The second kappa shape index (κ2) is 24.0. The Kier molecular flexibility index (Phi) is 17.4. The van der Waals surface area contributed by atoms with Gasteiger partial charge in [0.2, 0.25) is 23.7 Å². The molecule has 2 aromatic heterocycles. The fourth-order valence-corrected chi connectivity index (χ4v) is 9.20. The van der Waals surface area contributed by atoms with Crippen molar-refractivity contribution in [1.82, 2.24) is 25.3 Å². The van der Waals surface area contributed by atoms with Crippen LogP contribution in [0.5, 0.6) is 11.8 Å². The van der Waals surface area contributed by atoms with Gasteiger partial charge in [0, 0.05) is 55.5 Å². The normalized spacial score (nSPS) is 15.9. The van der Waals surface area contributed by atoms with E-state index in [4.69, 9.17) is 38.4 Å². The molecule has 4 aromatic carbocycles. The maximum atomic E-state index is 13.2. The van der Waals surface area contributed by atoms with E-state index in [0.29, 0.717) is 50.4 Å². The van der Waals surface area contributed by atoms with E-state index in [1.54, 1.807) is 54.6 Å². The summed E-state index contributed by atoms with van der Waals surface area (Å²) < 4.78 is 37.1. The number of carboxylic acid groups (broad SMARTS) is 1. The molecular weight excluding hydrogens is 982 g/mol. The predicted octanol–water partition coefficient (Wildman–Crippen LogP) is 9.22. The first-order valence-corrected chi connectivity index (χ1v) is 25.0. The number of aliphatic hydroxyl groups is 2. The Morgan fingerprint density at radius 2 is 1.03 bits per heavy atom. The number of amides is 1. The molecule has 2 spiro atoms. The minimum absolute atomic E-state index is 0.0477. The van der Waals surface area contributed by atoms with Crippen molar-refractivity contribution in [3.05, 3.63) is 164 Å². The number of aromatic nitrogens is 4. The number of aromatic carboxylic acids is 1. The number of nitrogens with zero attached hydrogens (tertiary/aromatic N) is 6. The standard InChI is InChI=1S/C27H28ClFN4O3.C20H22ClN3O4.C7H8FN/c28-23-13-19(1-4-20(23)16-34)17-36-25-22(24(35)30-14-18-2-5-21(29)6-3-18)15-31-26(32-25)33-11-9-27(7-8-27)10-12-33;21-16-9-13(1-2-14(16)11-25)12-28-17-15(18(26)27)10-22-19(23-17)24-7-5-20(3-4-20)6-8-24;8-7-3-1-6(5-9)2-4-7/h1-6,13,15,34H,7-12,14,16-17H2,(H,30,35);1-2,9-10,25H,3-8,11-12H2,(H,26,27);1-4H,5,9H2. The van der Waals surface area contributed by atoms with Gasteiger partial charge in [-0.25, -0.2) is 23.5 Å². The number of benzene rings is 4. The number of anilines is 2. The van der Waals surface area contributed by atoms with E-state index < -0.39 is 5.97 Å². The summed E-state index contributed by atoms with van der Waals surface area (Å²) in [5, 5.41) is 31.7. The minimum atomic E-state index is -1.13. The molecule has 15 nitrogen and oxygen atoms in total. The van der Waals surface area contributed by atoms with Crippen LogP contribution >= 0.6 is 23.2 Å². The van der Waals surface area contributed by atoms with Crippen molar-refractivity contribution in [2.75, 3.05) is 36.0 Å². The molecule has 0 bridgehead atoms. The fraction of sp³-hybridized carbons (Fsp3) is 0.370. The Labute approximate surface area is 432 Å². The zero-order chi connectivity index (χ0) is 51.5. The number of aliphatic hydroxyl groups excluding tert-OH is 2. The highest BCUT2D eigenvalue weighted by Crippen LogP contribution is 2.54. The minimum Gasteiger partial charge on any atom is -0.477 e. The molecule has 2 aliphatic heterocycles. The first-order valence-electron chi connectivity index (χ1n) is 24.2. The van der Waals surface area contributed by atoms with Crippen molar-refractivity contribution >= 4 is 47.0 Å². The molecule has 2 saturated carbocycles. The SMILES string of the molecule is NCc1ccc(F)cc1.O=C(NCc1ccc(F)cc1)c1cnc(N2CCC3(CC2)CC3)nc1OCc1ccc(CO)c(Cl)c1.O=C(O)c1cnc(N2CCC3(CC2)CC3)nc1OCc1ccc(CO)c(Cl)c1. The van der Waals surface area contributed by atoms with Gasteiger partial charge in [-0.05, 0) is 132 Å². The number of carboxylic acids is 1. The van der Waals surface area contributed by atoms with Gasteiger partial charge in [-0.15, -0.1) is 0 Å². The molecule has 4 heterocycles. The van der Waals surface area contributed by atoms with Crippen LogP contribution in [0.4, 0.5) is 20.7 Å². The summed E-state index contributed by atoms with van der Waals surface area (Å²) in [6.07, 6.45) is 12.6. The second-order valence-corrected chi connectivity index (χ2v) is 19.8. The predicted molar refractivity (Wildman–Crippen MR) is 273 cm³/mol. The summed E-state index contributed by atoms with van der Waals surface area (Å²) in [5.41, 5.74) is 11.0. The third-order valence-corrected chi connectivity index (χ3v) is 14.6. The molecule has 0 radical (unpaired) electrons. The quantitative estimate of drug-likeness (QED) is 0.0650. The Hall–Kier alpha value is -6.50. The Bertz CT molecular complexity index is 2850. The number of ether oxygens (including phenoxy) is 2. The molecule has 73 heavy (non-hydrogen) atoms. The van der Waals surface area contributed by atoms with Crippen LogP contribution in [-0.2, 0) is 39.5 Å². The Morgan fingerprint density at radius 3 is 1.42 bits per heavy atom. The molecule has 2 saturated heterocycles. The summed E-state index contributed by atoms with van der Waals surface area (Å²) in [6, 6.07) is 22.6. The van der Waals surface area contributed by atoms with Crippen LogP contribution in [0.2, 0.25) is 10.0 Å². The fourth-order valence-electron chi connectivity index (χ4n) is 8.68. The molecule has 6 aromatic rings. The molecular formula is C54H58Cl2F2N8O7. The number of nitrogens with one attached hydrogen (secondary N) is 1. The summed E-state index contributed by atoms with van der Waals surface area (Å²) in [6.45, 7) is 4.19. The molecule has 2 aliphatic carbocycles. The van der Waals surface area contributed by atoms with Crippen LogP contribution in [0.3, 0.4) is 0 Å². The molecule has 0 unspecified atom stereocenters. The highest BCUT2D eigenvalue weighted by Gasteiger charge is 2.45. The smallest absolute Gasteiger partial charge is 0.342 e. The van der Waals surface area contributed by atoms with Crippen LogP contribution in [0, 0.1) is 22.5 Å². The van der Waals surface area contributed by atoms with E-state index in [-0.39, 0.29) is 73.4 Å². The second-order valence-electron chi connectivity index (χ2n) is 18.9. The van der Waals surface area contributed by atoms with Gasteiger partial charge < -0.3 is 45.6 Å². The molecule has 19 heteroatoms. The van der Waals surface area contributed by atoms with Crippen molar-refractivity contribution in [2.24, 2.45) is 16.6 Å². The van der Waals surface area contributed by atoms with Gasteiger partial charge in [0.1, 0.15) is 36.0 Å². The maximum absolute atomic E-state index is 13.2. The third kappa shape index (κ3) is 14.2. The number of carbonyl (C=O) groups excluding carboxylic acids is 1. The number of hydrogen-bond acceptors (Lipinski definition) is 13. The zero-order valence-corrected chi connectivity index (χ0v) is 41.7. The van der Waals surface area contributed by atoms with Gasteiger partial charge in [-0.1, -0.05) is 71.7 Å². The van der Waals surface area contributed by atoms with E-state index in [9.17, 15) is 33.7 Å². The number of hydrogen-bond donors (Lipinski definition) is 5. The van der Waals surface area contributed by atoms with Crippen LogP contribution in [0.25, 0.3) is 0 Å². The molecule has 384 valence electrons. The summed E-state index contributed by atoms with van der Waals surface area (Å²) in [7, 11) is 0. The number of piperidine rings is 2. The first kappa shape index (κ1) is 52.8. The lowest BCUT2D eigenvalue weighted by Crippen LogP contribution is -2.35. The summed E-state index contributed by atoms with van der Waals surface area (Å²) in [4.78, 5) is 46.6. The van der Waals surface area contributed by atoms with Gasteiger partial charge in [0.25, 0.3) is 5.91 Å². The zero-order valence-electron chi connectivity index (χ0n) is 40.2. The lowest BCUT2D eigenvalue weighted by atomic mass is 9.94. The van der Waals surface area contributed by atoms with Crippen molar-refractivity contribution < 1.29 is 43.2 Å². The van der Waals surface area contributed by atoms with Gasteiger partial charge in [0.05, 0.1) is 19.4 Å². The van der Waals surface area contributed by atoms with Gasteiger partial charge in [-0.3, -0.25) is 4.79 Å². The molecule has 6 N–H and O–H groups in total. The summed E-state index contributed by atoms with van der Waals surface area (Å²) >= 11 is 12.3. The number of carbonyl (C=O) groups is 2. The van der Waals surface area contributed by atoms with Crippen LogP contribution in [0.15, 0.2) is 97.3 Å². The van der Waals surface area contributed by atoms with Crippen molar-refractivity contribution in [3.63, 3.8) is 0 Å². The summed E-state index contributed by atoms with van der Waals surface area (Å²) in [5.74, 6) is -0.782. The molecule has 10 rings (SSSR count). The molecule has 1 amide bonds. The topological polar surface area (TPSA) is 209 Å².